The lowest BCUT2D eigenvalue weighted by Gasteiger charge is -2.12. The lowest BCUT2D eigenvalue weighted by molar-refractivity contribution is 0.460. The summed E-state index contributed by atoms with van der Waals surface area (Å²) < 4.78 is 5.83. The van der Waals surface area contributed by atoms with Gasteiger partial charge in [0.2, 0.25) is 5.88 Å². The van der Waals surface area contributed by atoms with Crippen molar-refractivity contribution in [2.24, 2.45) is 5.73 Å². The summed E-state index contributed by atoms with van der Waals surface area (Å²) in [5, 5.41) is 0. The molecule has 0 aliphatic rings. The van der Waals surface area contributed by atoms with Gasteiger partial charge in [-0.15, -0.1) is 0 Å². The van der Waals surface area contributed by atoms with Crippen molar-refractivity contribution in [2.75, 3.05) is 0 Å². The molecule has 0 atom stereocenters. The van der Waals surface area contributed by atoms with Crippen molar-refractivity contribution in [1.29, 1.82) is 0 Å². The summed E-state index contributed by atoms with van der Waals surface area (Å²) in [6.07, 6.45) is 1.69. The topological polar surface area (TPSA) is 48.1 Å². The number of aryl methyl sites for hydroxylation is 3. The normalized spacial score (nSPS) is 10.3. The average molecular weight is 272 g/mol. The van der Waals surface area contributed by atoms with Crippen LogP contribution in [-0.2, 0) is 0 Å². The first-order chi connectivity index (χ1) is 8.97. The maximum atomic E-state index is 5.83. The SMILES string of the molecule is Cc1cc(C)cc(Oc2nccc(C)c2C(N)=S)c1. The Kier molecular flexibility index (Phi) is 3.81. The van der Waals surface area contributed by atoms with Crippen LogP contribution in [-0.4, -0.2) is 9.97 Å². The van der Waals surface area contributed by atoms with Crippen LogP contribution < -0.4 is 10.5 Å². The van der Waals surface area contributed by atoms with Crippen LogP contribution in [0.4, 0.5) is 0 Å². The second-order valence-electron chi connectivity index (χ2n) is 4.60. The van der Waals surface area contributed by atoms with Crippen molar-refractivity contribution in [3.63, 3.8) is 0 Å². The quantitative estimate of drug-likeness (QED) is 0.870. The van der Waals surface area contributed by atoms with Gasteiger partial charge in [0.25, 0.3) is 0 Å². The van der Waals surface area contributed by atoms with Crippen LogP contribution in [0.2, 0.25) is 0 Å². The molecule has 0 bridgehead atoms. The van der Waals surface area contributed by atoms with Gasteiger partial charge >= 0.3 is 0 Å². The Hall–Kier alpha value is -1.94. The molecule has 2 N–H and O–H groups in total. The number of ether oxygens (including phenoxy) is 1. The number of benzene rings is 1. The monoisotopic (exact) mass is 272 g/mol. The number of thiocarbonyl (C=S) groups is 1. The van der Waals surface area contributed by atoms with E-state index in [0.717, 1.165) is 22.4 Å². The minimum absolute atomic E-state index is 0.296. The summed E-state index contributed by atoms with van der Waals surface area (Å²) in [5.41, 5.74) is 9.67. The molecule has 19 heavy (non-hydrogen) atoms. The Morgan fingerprint density at radius 3 is 2.37 bits per heavy atom. The number of hydrogen-bond acceptors (Lipinski definition) is 3. The van der Waals surface area contributed by atoms with Gasteiger partial charge < -0.3 is 10.5 Å². The van der Waals surface area contributed by atoms with Crippen molar-refractivity contribution in [3.05, 3.63) is 52.7 Å². The van der Waals surface area contributed by atoms with Crippen molar-refractivity contribution in [1.82, 2.24) is 4.98 Å². The van der Waals surface area contributed by atoms with Crippen molar-refractivity contribution >= 4 is 17.2 Å². The molecule has 2 rings (SSSR count). The van der Waals surface area contributed by atoms with E-state index in [2.05, 4.69) is 11.1 Å². The molecule has 2 aromatic rings. The van der Waals surface area contributed by atoms with Crippen LogP contribution in [0.1, 0.15) is 22.3 Å². The van der Waals surface area contributed by atoms with Crippen LogP contribution in [0.25, 0.3) is 0 Å². The van der Waals surface area contributed by atoms with Crippen molar-refractivity contribution in [3.8, 4) is 11.6 Å². The Morgan fingerprint density at radius 1 is 1.16 bits per heavy atom. The zero-order valence-corrected chi connectivity index (χ0v) is 12.0. The van der Waals surface area contributed by atoms with E-state index in [4.69, 9.17) is 22.7 Å². The molecule has 0 fully saturated rings. The number of nitrogens with zero attached hydrogens (tertiary/aromatic N) is 1. The largest absolute Gasteiger partial charge is 0.438 e. The van der Waals surface area contributed by atoms with E-state index in [1.165, 1.54) is 0 Å². The molecule has 98 valence electrons. The fourth-order valence-electron chi connectivity index (χ4n) is 2.01. The summed E-state index contributed by atoms with van der Waals surface area (Å²) in [7, 11) is 0. The molecule has 0 aliphatic carbocycles. The minimum Gasteiger partial charge on any atom is -0.438 e. The first kappa shape index (κ1) is 13.5. The Balaban J connectivity index is 2.43. The van der Waals surface area contributed by atoms with Crippen molar-refractivity contribution < 1.29 is 4.74 Å². The fraction of sp³-hybridized carbons (Fsp3) is 0.200. The van der Waals surface area contributed by atoms with Gasteiger partial charge in [0, 0.05) is 6.20 Å². The van der Waals surface area contributed by atoms with Crippen LogP contribution in [0.15, 0.2) is 30.5 Å². The lowest BCUT2D eigenvalue weighted by Crippen LogP contribution is -2.13. The molecule has 4 heteroatoms. The van der Waals surface area contributed by atoms with Gasteiger partial charge in [0.05, 0.1) is 5.56 Å². The molecule has 3 nitrogen and oxygen atoms in total. The maximum absolute atomic E-state index is 5.83. The summed E-state index contributed by atoms with van der Waals surface area (Å²) in [4.78, 5) is 4.52. The Morgan fingerprint density at radius 2 is 1.79 bits per heavy atom. The molecule has 0 radical (unpaired) electrons. The van der Waals surface area contributed by atoms with E-state index < -0.39 is 0 Å². The number of rotatable bonds is 3. The summed E-state index contributed by atoms with van der Waals surface area (Å²) >= 11 is 5.06. The zero-order valence-electron chi connectivity index (χ0n) is 11.2. The fourth-order valence-corrected chi connectivity index (χ4v) is 2.26. The van der Waals surface area contributed by atoms with Crippen molar-refractivity contribution in [2.45, 2.75) is 20.8 Å². The van der Waals surface area contributed by atoms with E-state index in [1.54, 1.807) is 6.20 Å². The van der Waals surface area contributed by atoms with E-state index in [-0.39, 0.29) is 0 Å². The molecule has 0 saturated carbocycles. The van der Waals surface area contributed by atoms with Crippen LogP contribution in [0.3, 0.4) is 0 Å². The highest BCUT2D eigenvalue weighted by Crippen LogP contribution is 2.26. The Labute approximate surface area is 118 Å². The first-order valence-corrected chi connectivity index (χ1v) is 6.40. The number of pyridine rings is 1. The Bertz CT molecular complexity index is 618. The van der Waals surface area contributed by atoms with Gasteiger partial charge in [0.15, 0.2) is 0 Å². The molecule has 1 aromatic carbocycles. The van der Waals surface area contributed by atoms with Gasteiger partial charge in [-0.1, -0.05) is 18.3 Å². The van der Waals surface area contributed by atoms with E-state index >= 15 is 0 Å². The average Bonchev–Trinajstić information content (AvgIpc) is 2.26. The molecule has 0 saturated heterocycles. The zero-order chi connectivity index (χ0) is 14.0. The standard InChI is InChI=1S/C15H16N2OS/c1-9-6-10(2)8-12(7-9)18-15-13(14(16)19)11(3)4-5-17-15/h4-8H,1-3H3,(H2,16,19). The van der Waals surface area contributed by atoms with Gasteiger partial charge in [-0.3, -0.25) is 0 Å². The van der Waals surface area contributed by atoms with Gasteiger partial charge in [-0.05, 0) is 55.7 Å². The van der Waals surface area contributed by atoms with Crippen LogP contribution in [0, 0.1) is 20.8 Å². The summed E-state index contributed by atoms with van der Waals surface area (Å²) in [6.45, 7) is 5.99. The highest BCUT2D eigenvalue weighted by Gasteiger charge is 2.12. The van der Waals surface area contributed by atoms with Gasteiger partial charge in [-0.25, -0.2) is 4.98 Å². The predicted octanol–water partition coefficient (Wildman–Crippen LogP) is 3.43. The smallest absolute Gasteiger partial charge is 0.229 e. The van der Waals surface area contributed by atoms with Crippen LogP contribution in [0.5, 0.6) is 11.6 Å². The molecule has 0 amide bonds. The summed E-state index contributed by atoms with van der Waals surface area (Å²) in [6, 6.07) is 7.87. The second kappa shape index (κ2) is 5.36. The van der Waals surface area contributed by atoms with Gasteiger partial charge in [0.1, 0.15) is 10.7 Å². The molecular weight excluding hydrogens is 256 g/mol. The lowest BCUT2D eigenvalue weighted by atomic mass is 10.1. The number of aromatic nitrogens is 1. The van der Waals surface area contributed by atoms with Gasteiger partial charge in [-0.2, -0.15) is 0 Å². The molecular formula is C15H16N2OS. The summed E-state index contributed by atoms with van der Waals surface area (Å²) in [5.74, 6) is 1.20. The predicted molar refractivity (Wildman–Crippen MR) is 80.9 cm³/mol. The molecule has 0 aliphatic heterocycles. The number of nitrogens with two attached hydrogens (primary N) is 1. The van der Waals surface area contributed by atoms with Crippen LogP contribution >= 0.6 is 12.2 Å². The third-order valence-corrected chi connectivity index (χ3v) is 2.98. The second-order valence-corrected chi connectivity index (χ2v) is 5.04. The highest BCUT2D eigenvalue weighted by atomic mass is 32.1. The maximum Gasteiger partial charge on any atom is 0.229 e. The number of hydrogen-bond donors (Lipinski definition) is 1. The van der Waals surface area contributed by atoms with E-state index in [0.29, 0.717) is 16.4 Å². The molecule has 0 unspecified atom stereocenters. The molecule has 1 heterocycles. The van der Waals surface area contributed by atoms with E-state index in [9.17, 15) is 0 Å². The third kappa shape index (κ3) is 3.09. The highest BCUT2D eigenvalue weighted by molar-refractivity contribution is 7.80. The molecule has 0 spiro atoms. The van der Waals surface area contributed by atoms with E-state index in [1.807, 2.05) is 39.0 Å². The first-order valence-electron chi connectivity index (χ1n) is 5.99. The third-order valence-electron chi connectivity index (χ3n) is 2.78. The minimum atomic E-state index is 0.296. The molecule has 1 aromatic heterocycles.